The Morgan fingerprint density at radius 1 is 0.347 bits per heavy atom. The first-order valence-corrected chi connectivity index (χ1v) is 21.1. The summed E-state index contributed by atoms with van der Waals surface area (Å²) in [5.41, 5.74) is -6.65. The molecule has 4 N–H and O–H groups in total. The first kappa shape index (κ1) is 63.5. The Kier molecular flexibility index (Phi) is 27.9. The van der Waals surface area contributed by atoms with E-state index in [2.05, 4.69) is 67.3 Å². The van der Waals surface area contributed by atoms with Crippen LogP contribution in [0.5, 0.6) is 0 Å². The largest absolute Gasteiger partial charge is 0.460 e. The van der Waals surface area contributed by atoms with Crippen LogP contribution in [0.25, 0.3) is 0 Å². The van der Waals surface area contributed by atoms with Crippen LogP contribution >= 0.6 is 0 Å². The topological polar surface area (TPSA) is 337 Å². The zero-order valence-corrected chi connectivity index (χ0v) is 40.7. The fraction of sp³-hybridized carbons (Fsp3) is 0.457. The Balaban J connectivity index is 7.54. The van der Waals surface area contributed by atoms with Gasteiger partial charge < -0.3 is 73.4 Å². The fourth-order valence-electron chi connectivity index (χ4n) is 4.74. The second-order valence-corrected chi connectivity index (χ2v) is 15.9. The predicted molar refractivity (Wildman–Crippen MR) is 248 cm³/mol. The molecule has 0 aromatic heterocycles. The third kappa shape index (κ3) is 26.3. The average Bonchev–Trinajstić information content (AvgIpc) is 3.35. The van der Waals surface area contributed by atoms with Crippen LogP contribution in [-0.4, -0.2) is 160 Å². The molecule has 0 saturated heterocycles. The van der Waals surface area contributed by atoms with Gasteiger partial charge >= 0.3 is 66.2 Å². The molecule has 398 valence electrons. The van der Waals surface area contributed by atoms with E-state index in [1.165, 1.54) is 27.7 Å². The number of hydrogen-bond donors (Lipinski definition) is 4. The van der Waals surface area contributed by atoms with Crippen LogP contribution in [0.1, 0.15) is 41.0 Å². The van der Waals surface area contributed by atoms with Crippen molar-refractivity contribution < 1.29 is 105 Å². The van der Waals surface area contributed by atoms with Gasteiger partial charge in [-0.3, -0.25) is 0 Å². The van der Waals surface area contributed by atoms with Crippen molar-refractivity contribution in [2.75, 3.05) is 59.5 Å². The van der Waals surface area contributed by atoms with Crippen molar-refractivity contribution in [3.8, 4) is 0 Å². The number of hydrogen-bond acceptors (Lipinski definition) is 22. The van der Waals surface area contributed by atoms with Crippen LogP contribution in [0.15, 0.2) is 88.6 Å². The lowest BCUT2D eigenvalue weighted by molar-refractivity contribution is -0.146. The highest BCUT2D eigenvalue weighted by molar-refractivity contribution is 5.84. The zero-order valence-electron chi connectivity index (χ0n) is 40.7. The summed E-state index contributed by atoms with van der Waals surface area (Å²) in [6, 6.07) is 0. The molecule has 3 atom stereocenters. The molecule has 0 radical (unpaired) electrons. The molecule has 0 aromatic rings. The highest BCUT2D eigenvalue weighted by Crippen LogP contribution is 2.17. The van der Waals surface area contributed by atoms with E-state index in [0.717, 1.165) is 42.5 Å². The van der Waals surface area contributed by atoms with Crippen molar-refractivity contribution in [3.63, 3.8) is 0 Å². The van der Waals surface area contributed by atoms with Gasteiger partial charge in [-0.25, -0.2) is 52.7 Å². The lowest BCUT2D eigenvalue weighted by atomic mass is 10.0. The molecule has 0 aliphatic carbocycles. The summed E-state index contributed by atoms with van der Waals surface area (Å²) >= 11 is 0. The van der Waals surface area contributed by atoms with Gasteiger partial charge in [-0.05, 0) is 34.1 Å². The maximum absolute atomic E-state index is 13.9. The first-order valence-electron chi connectivity index (χ1n) is 21.1. The fourth-order valence-corrected chi connectivity index (χ4v) is 4.74. The highest BCUT2D eigenvalue weighted by atomic mass is 16.6. The monoisotopic (exact) mass is 1020 g/mol. The Hall–Kier alpha value is -8.45. The lowest BCUT2D eigenvalue weighted by Crippen LogP contribution is -2.57. The molecular formula is C46H62N4O22. The van der Waals surface area contributed by atoms with Crippen molar-refractivity contribution in [2.24, 2.45) is 0 Å². The van der Waals surface area contributed by atoms with Crippen LogP contribution in [0.2, 0.25) is 0 Å². The Bertz CT molecular complexity index is 1980. The van der Waals surface area contributed by atoms with E-state index in [4.69, 9.17) is 52.1 Å². The maximum atomic E-state index is 13.9. The van der Waals surface area contributed by atoms with Gasteiger partial charge in [-0.1, -0.05) is 53.0 Å². The molecular weight excluding hydrogens is 961 g/mol. The lowest BCUT2D eigenvalue weighted by Gasteiger charge is -2.33. The molecule has 3 unspecified atom stereocenters. The van der Waals surface area contributed by atoms with Crippen molar-refractivity contribution in [2.45, 2.75) is 75.4 Å². The van der Waals surface area contributed by atoms with Crippen molar-refractivity contribution in [1.29, 1.82) is 0 Å². The minimum atomic E-state index is -2.07. The van der Waals surface area contributed by atoms with Gasteiger partial charge in [0, 0.05) is 42.5 Å². The molecule has 0 aliphatic rings. The number of nitrogens with one attached hydrogen (secondary N) is 4. The first-order chi connectivity index (χ1) is 33.7. The summed E-state index contributed by atoms with van der Waals surface area (Å²) in [4.78, 5) is 138. The standard InChI is InChI=1S/C46H62N4O22/c1-13-32(51)64-23-43(9,20-8)47-39(58)62-21-30(71-41(60)49-45(11,26-67-35(54)16-4)27-68-36(55)17-5)31(72-42(61)50-46(12,28-69-37(56)18-6)29-70-38(57)19-7)22-63-40(59)48-44(10,24-65-33(52)14-2)25-66-34(53)15-3/h13-19,30-31H,1-7,20-29H2,8-12H3,(H,47,58)(H,48,59)(H,49,60)(H,50,61). The Morgan fingerprint density at radius 3 is 0.750 bits per heavy atom. The van der Waals surface area contributed by atoms with E-state index in [9.17, 15) is 52.7 Å². The predicted octanol–water partition coefficient (Wildman–Crippen LogP) is 2.18. The van der Waals surface area contributed by atoms with E-state index in [0.29, 0.717) is 0 Å². The second kappa shape index (κ2) is 31.6. The van der Waals surface area contributed by atoms with Gasteiger partial charge in [0.2, 0.25) is 0 Å². The molecule has 26 nitrogen and oxygen atoms in total. The third-order valence-electron chi connectivity index (χ3n) is 8.98. The van der Waals surface area contributed by atoms with E-state index in [1.807, 2.05) is 0 Å². The molecule has 0 aromatic carbocycles. The normalized spacial score (nSPS) is 12.4. The number of rotatable bonds is 33. The van der Waals surface area contributed by atoms with Gasteiger partial charge in [0.25, 0.3) is 0 Å². The van der Waals surface area contributed by atoms with E-state index >= 15 is 0 Å². The number of amides is 4. The molecule has 0 spiro atoms. The highest BCUT2D eigenvalue weighted by Gasteiger charge is 2.39. The van der Waals surface area contributed by atoms with Crippen LogP contribution in [0.4, 0.5) is 19.2 Å². The number of carbonyl (C=O) groups excluding carboxylic acids is 11. The number of alkyl carbamates (subject to hydrolysis) is 4. The Labute approximate surface area is 415 Å². The number of ether oxygens (including phenoxy) is 11. The van der Waals surface area contributed by atoms with Gasteiger partial charge in [0.15, 0.2) is 12.2 Å². The smallest absolute Gasteiger partial charge is 0.408 e. The molecule has 4 amide bonds. The van der Waals surface area contributed by atoms with E-state index in [-0.39, 0.29) is 13.0 Å². The third-order valence-corrected chi connectivity index (χ3v) is 8.98. The molecule has 0 bridgehead atoms. The van der Waals surface area contributed by atoms with E-state index in [1.54, 1.807) is 6.92 Å². The summed E-state index contributed by atoms with van der Waals surface area (Å²) in [6.45, 7) is 23.3. The van der Waals surface area contributed by atoms with Crippen LogP contribution in [-0.2, 0) is 85.7 Å². The molecule has 26 heteroatoms. The van der Waals surface area contributed by atoms with Crippen LogP contribution in [0, 0.1) is 0 Å². The molecule has 0 saturated carbocycles. The van der Waals surface area contributed by atoms with Crippen LogP contribution in [0.3, 0.4) is 0 Å². The summed E-state index contributed by atoms with van der Waals surface area (Å²) < 4.78 is 57.5. The number of carbonyl (C=O) groups is 11. The second-order valence-electron chi connectivity index (χ2n) is 15.9. The summed E-state index contributed by atoms with van der Waals surface area (Å²) in [5, 5.41) is 9.48. The maximum Gasteiger partial charge on any atom is 0.408 e. The average molecular weight is 1020 g/mol. The molecule has 0 heterocycles. The molecule has 0 rings (SSSR count). The van der Waals surface area contributed by atoms with E-state index < -0.39 is 153 Å². The molecule has 0 fully saturated rings. The quantitative estimate of drug-likeness (QED) is 0.0416. The van der Waals surface area contributed by atoms with Gasteiger partial charge in [-0.15, -0.1) is 0 Å². The minimum absolute atomic E-state index is 0.149. The number of esters is 7. The van der Waals surface area contributed by atoms with Crippen molar-refractivity contribution in [1.82, 2.24) is 21.3 Å². The zero-order chi connectivity index (χ0) is 55.1. The van der Waals surface area contributed by atoms with Crippen LogP contribution < -0.4 is 21.3 Å². The molecule has 72 heavy (non-hydrogen) atoms. The minimum Gasteiger partial charge on any atom is -0.460 e. The van der Waals surface area contributed by atoms with Gasteiger partial charge in [-0.2, -0.15) is 0 Å². The molecule has 0 aliphatic heterocycles. The van der Waals surface area contributed by atoms with Gasteiger partial charge in [0.05, 0.1) is 5.54 Å². The SMILES string of the molecule is C=CC(=O)OCC(C)(CC)NC(=O)OCC(OC(=O)NC(C)(COC(=O)C=C)COC(=O)C=C)C(COC(=O)NC(C)(COC(=O)C=C)COC(=O)C=C)OC(=O)NC(C)(COC(=O)C=C)COC(=O)C=C. The Morgan fingerprint density at radius 2 is 0.542 bits per heavy atom. The summed E-state index contributed by atoms with van der Waals surface area (Å²) in [6.07, 6.45) is -3.85. The van der Waals surface area contributed by atoms with Gasteiger partial charge in [0.1, 0.15) is 76.1 Å². The van der Waals surface area contributed by atoms with Crippen molar-refractivity contribution >= 4 is 66.2 Å². The summed E-state index contributed by atoms with van der Waals surface area (Å²) in [7, 11) is 0. The summed E-state index contributed by atoms with van der Waals surface area (Å²) in [5.74, 6) is -6.55. The van der Waals surface area contributed by atoms with Crippen molar-refractivity contribution in [3.05, 3.63) is 88.6 Å².